The summed E-state index contributed by atoms with van der Waals surface area (Å²) in [6.07, 6.45) is 7.02. The van der Waals surface area contributed by atoms with E-state index >= 15 is 0 Å². The van der Waals surface area contributed by atoms with Crippen molar-refractivity contribution in [2.75, 3.05) is 18.0 Å². The first kappa shape index (κ1) is 15.8. The van der Waals surface area contributed by atoms with E-state index in [1.54, 1.807) is 6.92 Å². The Kier molecular flexibility index (Phi) is 4.16. The van der Waals surface area contributed by atoms with Gasteiger partial charge in [0.2, 0.25) is 5.91 Å². The van der Waals surface area contributed by atoms with E-state index in [0.717, 1.165) is 48.8 Å². The SMILES string of the molecule is CC(=O)NC1CCCN(c2nc(C)nc3sc4c(c23)CCCC4)C1. The molecule has 1 amide bonds. The smallest absolute Gasteiger partial charge is 0.217 e. The van der Waals surface area contributed by atoms with Crippen molar-refractivity contribution in [3.05, 3.63) is 16.3 Å². The van der Waals surface area contributed by atoms with Crippen LogP contribution in [0.4, 0.5) is 5.82 Å². The maximum absolute atomic E-state index is 11.4. The van der Waals surface area contributed by atoms with Gasteiger partial charge in [0.25, 0.3) is 0 Å². The van der Waals surface area contributed by atoms with E-state index in [1.165, 1.54) is 35.1 Å². The molecule has 0 saturated carbocycles. The fraction of sp³-hybridized carbons (Fsp3) is 0.611. The predicted octanol–water partition coefficient (Wildman–Crippen LogP) is 2.98. The second kappa shape index (κ2) is 6.31. The minimum absolute atomic E-state index is 0.0544. The minimum Gasteiger partial charge on any atom is -0.354 e. The van der Waals surface area contributed by atoms with Crippen molar-refractivity contribution in [1.29, 1.82) is 0 Å². The van der Waals surface area contributed by atoms with Crippen LogP contribution in [0.1, 0.15) is 48.9 Å². The summed E-state index contributed by atoms with van der Waals surface area (Å²) in [5, 5.41) is 4.36. The summed E-state index contributed by atoms with van der Waals surface area (Å²) >= 11 is 1.86. The molecule has 2 aromatic heterocycles. The Labute approximate surface area is 146 Å². The Morgan fingerprint density at radius 2 is 2.08 bits per heavy atom. The molecule has 1 atom stereocenters. The van der Waals surface area contributed by atoms with Crippen LogP contribution in [0.25, 0.3) is 10.2 Å². The van der Waals surface area contributed by atoms with Gasteiger partial charge >= 0.3 is 0 Å². The largest absolute Gasteiger partial charge is 0.354 e. The normalized spacial score (nSPS) is 20.9. The highest BCUT2D eigenvalue weighted by Gasteiger charge is 2.27. The summed E-state index contributed by atoms with van der Waals surface area (Å²) in [6.45, 7) is 5.43. The minimum atomic E-state index is 0.0544. The third-order valence-corrected chi connectivity index (χ3v) is 6.22. The number of hydrogen-bond donors (Lipinski definition) is 1. The van der Waals surface area contributed by atoms with E-state index in [1.807, 2.05) is 18.3 Å². The van der Waals surface area contributed by atoms with E-state index in [4.69, 9.17) is 9.97 Å². The van der Waals surface area contributed by atoms with Crippen LogP contribution in [0, 0.1) is 6.92 Å². The second-order valence-electron chi connectivity index (χ2n) is 6.97. The third-order valence-electron chi connectivity index (χ3n) is 5.04. The molecule has 0 radical (unpaired) electrons. The summed E-state index contributed by atoms with van der Waals surface area (Å²) in [4.78, 5) is 26.0. The fourth-order valence-corrected chi connectivity index (χ4v) is 5.35. The van der Waals surface area contributed by atoms with Crippen LogP contribution in [-0.4, -0.2) is 35.0 Å². The lowest BCUT2D eigenvalue weighted by molar-refractivity contribution is -0.119. The summed E-state index contributed by atoms with van der Waals surface area (Å²) < 4.78 is 0. The molecule has 4 rings (SSSR count). The van der Waals surface area contributed by atoms with Crippen LogP contribution >= 0.6 is 11.3 Å². The Bertz CT molecular complexity index is 785. The number of rotatable bonds is 2. The molecule has 3 heterocycles. The lowest BCUT2D eigenvalue weighted by Gasteiger charge is -2.34. The van der Waals surface area contributed by atoms with Crippen molar-refractivity contribution in [1.82, 2.24) is 15.3 Å². The average Bonchev–Trinajstić information content (AvgIpc) is 2.91. The first-order chi connectivity index (χ1) is 11.6. The maximum atomic E-state index is 11.4. The zero-order chi connectivity index (χ0) is 16.7. The summed E-state index contributed by atoms with van der Waals surface area (Å²) in [7, 11) is 0. The Hall–Kier alpha value is -1.69. The summed E-state index contributed by atoms with van der Waals surface area (Å²) in [5.41, 5.74) is 1.48. The lowest BCUT2D eigenvalue weighted by atomic mass is 9.96. The zero-order valence-corrected chi connectivity index (χ0v) is 15.2. The monoisotopic (exact) mass is 344 g/mol. The number of thiophene rings is 1. The van der Waals surface area contributed by atoms with Gasteiger partial charge in [-0.1, -0.05) is 0 Å². The quantitative estimate of drug-likeness (QED) is 0.910. The van der Waals surface area contributed by atoms with Crippen LogP contribution in [-0.2, 0) is 17.6 Å². The number of carbonyl (C=O) groups excluding carboxylic acids is 1. The van der Waals surface area contributed by atoms with Gasteiger partial charge < -0.3 is 10.2 Å². The van der Waals surface area contributed by atoms with Gasteiger partial charge in [-0.05, 0) is 51.0 Å². The van der Waals surface area contributed by atoms with Crippen molar-refractivity contribution < 1.29 is 4.79 Å². The highest BCUT2D eigenvalue weighted by molar-refractivity contribution is 7.19. The molecule has 1 unspecified atom stereocenters. The fourth-order valence-electron chi connectivity index (χ4n) is 4.05. The van der Waals surface area contributed by atoms with Gasteiger partial charge in [-0.25, -0.2) is 9.97 Å². The standard InChI is InChI=1S/C18H24N4OS/c1-11-19-17(22-9-5-6-13(10-22)21-12(2)23)16-14-7-3-4-8-15(14)24-18(16)20-11/h13H,3-10H2,1-2H3,(H,21,23). The van der Waals surface area contributed by atoms with E-state index in [-0.39, 0.29) is 11.9 Å². The van der Waals surface area contributed by atoms with Crippen molar-refractivity contribution in [3.8, 4) is 0 Å². The van der Waals surface area contributed by atoms with Crippen LogP contribution in [0.15, 0.2) is 0 Å². The first-order valence-corrected chi connectivity index (χ1v) is 9.74. The van der Waals surface area contributed by atoms with Gasteiger partial charge in [-0.15, -0.1) is 11.3 Å². The van der Waals surface area contributed by atoms with Crippen LogP contribution in [0.5, 0.6) is 0 Å². The van der Waals surface area contributed by atoms with Gasteiger partial charge in [0.1, 0.15) is 16.5 Å². The molecular formula is C18H24N4OS. The third kappa shape index (κ3) is 2.88. The van der Waals surface area contributed by atoms with Crippen molar-refractivity contribution in [2.24, 2.45) is 0 Å². The van der Waals surface area contributed by atoms with Crippen LogP contribution in [0.2, 0.25) is 0 Å². The van der Waals surface area contributed by atoms with Gasteiger partial charge in [0.15, 0.2) is 0 Å². The number of carbonyl (C=O) groups is 1. The molecule has 1 saturated heterocycles. The van der Waals surface area contributed by atoms with Crippen LogP contribution < -0.4 is 10.2 Å². The number of nitrogens with zero attached hydrogens (tertiary/aromatic N) is 3. The molecule has 5 nitrogen and oxygen atoms in total. The zero-order valence-electron chi connectivity index (χ0n) is 14.4. The molecule has 2 aromatic rings. The number of fused-ring (bicyclic) bond motifs is 3. The van der Waals surface area contributed by atoms with Crippen molar-refractivity contribution >= 4 is 33.3 Å². The average molecular weight is 344 g/mol. The molecule has 0 bridgehead atoms. The number of amides is 1. The van der Waals surface area contributed by atoms with E-state index in [0.29, 0.717) is 0 Å². The van der Waals surface area contributed by atoms with Gasteiger partial charge in [-0.3, -0.25) is 4.79 Å². The molecule has 1 fully saturated rings. The first-order valence-electron chi connectivity index (χ1n) is 8.93. The molecule has 6 heteroatoms. The molecule has 0 spiro atoms. The number of piperidine rings is 1. The molecule has 128 valence electrons. The molecule has 1 aliphatic heterocycles. The number of hydrogen-bond acceptors (Lipinski definition) is 5. The molecule has 1 N–H and O–H groups in total. The summed E-state index contributed by atoms with van der Waals surface area (Å²) in [5.74, 6) is 1.99. The highest BCUT2D eigenvalue weighted by Crippen LogP contribution is 2.40. The molecule has 1 aliphatic carbocycles. The van der Waals surface area contributed by atoms with Gasteiger partial charge in [0.05, 0.1) is 5.39 Å². The molecule has 0 aromatic carbocycles. The molecule has 24 heavy (non-hydrogen) atoms. The highest BCUT2D eigenvalue weighted by atomic mass is 32.1. The number of aryl methyl sites for hydroxylation is 3. The van der Waals surface area contributed by atoms with E-state index in [9.17, 15) is 4.79 Å². The van der Waals surface area contributed by atoms with E-state index in [2.05, 4.69) is 10.2 Å². The predicted molar refractivity (Wildman–Crippen MR) is 97.8 cm³/mol. The Morgan fingerprint density at radius 3 is 2.92 bits per heavy atom. The number of aromatic nitrogens is 2. The number of nitrogens with one attached hydrogen (secondary N) is 1. The van der Waals surface area contributed by atoms with Gasteiger partial charge in [-0.2, -0.15) is 0 Å². The van der Waals surface area contributed by atoms with Gasteiger partial charge in [0, 0.05) is 30.9 Å². The lowest BCUT2D eigenvalue weighted by Crippen LogP contribution is -2.47. The second-order valence-corrected chi connectivity index (χ2v) is 8.05. The Morgan fingerprint density at radius 1 is 1.25 bits per heavy atom. The van der Waals surface area contributed by atoms with Crippen molar-refractivity contribution in [3.63, 3.8) is 0 Å². The molecular weight excluding hydrogens is 320 g/mol. The van der Waals surface area contributed by atoms with Crippen molar-refractivity contribution in [2.45, 2.75) is 58.4 Å². The maximum Gasteiger partial charge on any atom is 0.217 e. The van der Waals surface area contributed by atoms with Crippen LogP contribution in [0.3, 0.4) is 0 Å². The van der Waals surface area contributed by atoms with E-state index < -0.39 is 0 Å². The number of anilines is 1. The topological polar surface area (TPSA) is 58.1 Å². The molecule has 2 aliphatic rings. The Balaban J connectivity index is 1.75. The summed E-state index contributed by atoms with van der Waals surface area (Å²) in [6, 6.07) is 0.219.